The number of nitrogens with one attached hydrogen (secondary N) is 1. The molecule has 2 aromatic carbocycles. The molecule has 5 rings (SSSR count). The van der Waals surface area contributed by atoms with Crippen LogP contribution >= 0.6 is 0 Å². The van der Waals surface area contributed by atoms with Gasteiger partial charge in [-0.1, -0.05) is 23.7 Å². The Bertz CT molecular complexity index is 1150. The molecular formula is C24H24FN3O3. The number of aromatic nitrogens is 1. The number of carbonyl (C=O) groups is 2. The quantitative estimate of drug-likeness (QED) is 0.597. The Morgan fingerprint density at radius 1 is 1.10 bits per heavy atom. The maximum Gasteiger partial charge on any atom is 0.259 e. The Labute approximate surface area is 179 Å². The Kier molecular flexibility index (Phi) is 5.28. The van der Waals surface area contributed by atoms with E-state index in [1.165, 1.54) is 18.6 Å². The summed E-state index contributed by atoms with van der Waals surface area (Å²) in [5.74, 6) is -0.964. The van der Waals surface area contributed by atoms with Crippen LogP contribution < -0.4 is 5.32 Å². The maximum atomic E-state index is 13.4. The number of carbonyl (C=O) groups excluding carboxylic acids is 2. The van der Waals surface area contributed by atoms with Gasteiger partial charge in [-0.05, 0) is 69.0 Å². The number of hydrogen-bond acceptors (Lipinski definition) is 5. The number of piperidine rings is 1. The van der Waals surface area contributed by atoms with Crippen LogP contribution in [0.4, 0.5) is 4.39 Å². The van der Waals surface area contributed by atoms with Crippen LogP contribution in [-0.4, -0.2) is 35.0 Å². The third-order valence-electron chi connectivity index (χ3n) is 6.39. The highest BCUT2D eigenvalue weighted by molar-refractivity contribution is 6.22. The van der Waals surface area contributed by atoms with Crippen LogP contribution in [-0.2, 0) is 6.42 Å². The summed E-state index contributed by atoms with van der Waals surface area (Å²) in [6.45, 7) is 1.96. The lowest BCUT2D eigenvalue weighted by Crippen LogP contribution is -2.34. The summed E-state index contributed by atoms with van der Waals surface area (Å²) in [4.78, 5) is 27.1. The van der Waals surface area contributed by atoms with Gasteiger partial charge < -0.3 is 4.52 Å². The number of amides is 2. The Hall–Kier alpha value is -3.06. The van der Waals surface area contributed by atoms with Crippen LogP contribution in [0.2, 0.25) is 0 Å². The highest BCUT2D eigenvalue weighted by atomic mass is 19.1. The number of aryl methyl sites for hydroxylation is 1. The molecule has 7 heteroatoms. The first-order valence-corrected chi connectivity index (χ1v) is 10.9. The molecule has 1 saturated heterocycles. The Balaban J connectivity index is 1.40. The summed E-state index contributed by atoms with van der Waals surface area (Å²) in [7, 11) is 0. The molecule has 1 N–H and O–H groups in total. The summed E-state index contributed by atoms with van der Waals surface area (Å²) >= 11 is 0. The van der Waals surface area contributed by atoms with Gasteiger partial charge in [0.25, 0.3) is 11.8 Å². The van der Waals surface area contributed by atoms with Crippen LogP contribution in [0.5, 0.6) is 0 Å². The van der Waals surface area contributed by atoms with Crippen molar-refractivity contribution in [1.82, 2.24) is 15.4 Å². The van der Waals surface area contributed by atoms with Gasteiger partial charge in [0.1, 0.15) is 5.82 Å². The van der Waals surface area contributed by atoms with Crippen molar-refractivity contribution in [3.63, 3.8) is 0 Å². The zero-order valence-corrected chi connectivity index (χ0v) is 17.2. The van der Waals surface area contributed by atoms with Crippen molar-refractivity contribution in [2.24, 2.45) is 0 Å². The van der Waals surface area contributed by atoms with Crippen molar-refractivity contribution in [3.8, 4) is 0 Å². The van der Waals surface area contributed by atoms with Gasteiger partial charge in [0.2, 0.25) is 0 Å². The molecule has 2 aliphatic rings. The lowest BCUT2D eigenvalue weighted by molar-refractivity contribution is 0.0877. The van der Waals surface area contributed by atoms with E-state index in [0.29, 0.717) is 23.1 Å². The van der Waals surface area contributed by atoms with Crippen molar-refractivity contribution in [3.05, 3.63) is 64.6 Å². The molecule has 1 fully saturated rings. The molecule has 1 atom stereocenters. The molecule has 3 heterocycles. The first-order chi connectivity index (χ1) is 15.1. The van der Waals surface area contributed by atoms with Crippen LogP contribution in [0.1, 0.15) is 70.1 Å². The number of fused-ring (bicyclic) bond motifs is 2. The van der Waals surface area contributed by atoms with E-state index < -0.39 is 0 Å². The molecule has 31 heavy (non-hydrogen) atoms. The molecule has 160 valence electrons. The summed E-state index contributed by atoms with van der Waals surface area (Å²) in [6, 6.07) is 10.1. The van der Waals surface area contributed by atoms with E-state index in [0.717, 1.165) is 55.4 Å². The average Bonchev–Trinajstić information content (AvgIpc) is 3.31. The molecule has 6 nitrogen and oxygen atoms in total. The second-order valence-electron chi connectivity index (χ2n) is 8.33. The lowest BCUT2D eigenvalue weighted by atomic mass is 9.91. The SMILES string of the molecule is O=C1NC(=O)c2c1cccc2C(CCCc1noc2cc(F)ccc12)N1CCCCC1. The summed E-state index contributed by atoms with van der Waals surface area (Å²) in [5.41, 5.74) is 3.19. The minimum Gasteiger partial charge on any atom is -0.356 e. The molecule has 0 spiro atoms. The fourth-order valence-electron chi connectivity index (χ4n) is 4.89. The first-order valence-electron chi connectivity index (χ1n) is 10.9. The number of nitrogens with zero attached hydrogens (tertiary/aromatic N) is 2. The molecule has 1 unspecified atom stereocenters. The summed E-state index contributed by atoms with van der Waals surface area (Å²) in [5, 5.41) is 7.40. The Morgan fingerprint density at radius 3 is 2.77 bits per heavy atom. The van der Waals surface area contributed by atoms with E-state index in [2.05, 4.69) is 15.4 Å². The van der Waals surface area contributed by atoms with Gasteiger partial charge in [-0.15, -0.1) is 0 Å². The zero-order chi connectivity index (χ0) is 21.4. The van der Waals surface area contributed by atoms with E-state index >= 15 is 0 Å². The zero-order valence-electron chi connectivity index (χ0n) is 17.2. The van der Waals surface area contributed by atoms with Gasteiger partial charge in [0.05, 0.1) is 16.8 Å². The molecule has 1 aromatic heterocycles. The van der Waals surface area contributed by atoms with Crippen LogP contribution in [0, 0.1) is 5.82 Å². The molecule has 0 radical (unpaired) electrons. The van der Waals surface area contributed by atoms with Crippen LogP contribution in [0.3, 0.4) is 0 Å². The fraction of sp³-hybridized carbons (Fsp3) is 0.375. The monoisotopic (exact) mass is 421 g/mol. The van der Waals surface area contributed by atoms with Gasteiger partial charge in [-0.2, -0.15) is 0 Å². The second kappa shape index (κ2) is 8.23. The van der Waals surface area contributed by atoms with E-state index in [1.807, 2.05) is 12.1 Å². The number of imide groups is 1. The smallest absolute Gasteiger partial charge is 0.259 e. The lowest BCUT2D eigenvalue weighted by Gasteiger charge is -2.35. The minimum atomic E-state index is -0.342. The van der Waals surface area contributed by atoms with Gasteiger partial charge in [-0.25, -0.2) is 4.39 Å². The topological polar surface area (TPSA) is 75.4 Å². The van der Waals surface area contributed by atoms with E-state index in [-0.39, 0.29) is 23.7 Å². The third-order valence-corrected chi connectivity index (χ3v) is 6.39. The van der Waals surface area contributed by atoms with Crippen molar-refractivity contribution >= 4 is 22.8 Å². The number of likely N-dealkylation sites (tertiary alicyclic amines) is 1. The van der Waals surface area contributed by atoms with Gasteiger partial charge >= 0.3 is 0 Å². The van der Waals surface area contributed by atoms with Gasteiger partial charge in [0.15, 0.2) is 5.58 Å². The van der Waals surface area contributed by atoms with Crippen LogP contribution in [0.25, 0.3) is 11.0 Å². The predicted molar refractivity (Wildman–Crippen MR) is 113 cm³/mol. The predicted octanol–water partition coefficient (Wildman–Crippen LogP) is 4.40. The third kappa shape index (κ3) is 3.74. The van der Waals surface area contributed by atoms with E-state index in [9.17, 15) is 14.0 Å². The Morgan fingerprint density at radius 2 is 1.94 bits per heavy atom. The van der Waals surface area contributed by atoms with Gasteiger partial charge in [-0.3, -0.25) is 19.8 Å². The van der Waals surface area contributed by atoms with Gasteiger partial charge in [0, 0.05) is 17.5 Å². The van der Waals surface area contributed by atoms with Crippen molar-refractivity contribution in [1.29, 1.82) is 0 Å². The summed E-state index contributed by atoms with van der Waals surface area (Å²) < 4.78 is 18.7. The highest BCUT2D eigenvalue weighted by Crippen LogP contribution is 2.34. The van der Waals surface area contributed by atoms with Crippen molar-refractivity contribution in [2.45, 2.75) is 44.6 Å². The van der Waals surface area contributed by atoms with Crippen LogP contribution in [0.15, 0.2) is 40.9 Å². The number of hydrogen-bond donors (Lipinski definition) is 1. The summed E-state index contributed by atoms with van der Waals surface area (Å²) in [6.07, 6.45) is 5.85. The maximum absolute atomic E-state index is 13.4. The molecule has 0 bridgehead atoms. The number of halogens is 1. The molecular weight excluding hydrogens is 397 g/mol. The second-order valence-corrected chi connectivity index (χ2v) is 8.33. The fourth-order valence-corrected chi connectivity index (χ4v) is 4.89. The normalized spacial score (nSPS) is 17.7. The molecule has 2 amide bonds. The van der Waals surface area contributed by atoms with Crippen molar-refractivity contribution in [2.75, 3.05) is 13.1 Å². The standard InChI is InChI=1S/C24H24FN3O3/c25-15-10-11-16-19(27-31-21(16)14-15)8-5-9-20(28-12-2-1-3-13-28)17-6-4-7-18-22(17)24(30)26-23(18)29/h4,6-7,10-11,14,20H,1-3,5,8-9,12-13H2,(H,26,29,30). The number of rotatable bonds is 6. The first kappa shape index (κ1) is 19.9. The number of benzene rings is 2. The van der Waals surface area contributed by atoms with E-state index in [4.69, 9.17) is 4.52 Å². The molecule has 0 aliphatic carbocycles. The molecule has 2 aliphatic heterocycles. The minimum absolute atomic E-state index is 0.0579. The molecule has 3 aromatic rings. The van der Waals surface area contributed by atoms with Crippen molar-refractivity contribution < 1.29 is 18.5 Å². The highest BCUT2D eigenvalue weighted by Gasteiger charge is 2.33. The average molecular weight is 421 g/mol. The van der Waals surface area contributed by atoms with E-state index in [1.54, 1.807) is 12.1 Å². The molecule has 0 saturated carbocycles. The largest absolute Gasteiger partial charge is 0.356 e.